The molecule has 0 aliphatic carbocycles. The van der Waals surface area contributed by atoms with Gasteiger partial charge in [-0.05, 0) is 39.0 Å². The summed E-state index contributed by atoms with van der Waals surface area (Å²) in [5.41, 5.74) is 0.0169. The van der Waals surface area contributed by atoms with E-state index in [0.717, 1.165) is 0 Å². The van der Waals surface area contributed by atoms with Crippen LogP contribution in [-0.2, 0) is 25.4 Å². The second-order valence-corrected chi connectivity index (χ2v) is 12.7. The van der Waals surface area contributed by atoms with Crippen molar-refractivity contribution in [2.75, 3.05) is 25.1 Å². The minimum absolute atomic E-state index is 0.0750. The van der Waals surface area contributed by atoms with Gasteiger partial charge in [-0.25, -0.2) is 14.6 Å². The molecule has 1 aliphatic heterocycles. The van der Waals surface area contributed by atoms with E-state index < -0.39 is 28.2 Å². The second-order valence-electron chi connectivity index (χ2n) is 9.36. The van der Waals surface area contributed by atoms with Crippen LogP contribution < -0.4 is 5.32 Å². The topological polar surface area (TPSA) is 107 Å². The molecule has 1 aromatic heterocycles. The number of nitrogens with zero attached hydrogens (tertiary/aromatic N) is 2. The molecular weight excluding hydrogens is 529 g/mol. The molecule has 0 radical (unpaired) electrons. The zero-order chi connectivity index (χ0) is 25.7. The van der Waals surface area contributed by atoms with Crippen LogP contribution in [0.1, 0.15) is 46.7 Å². The molecule has 1 fully saturated rings. The summed E-state index contributed by atoms with van der Waals surface area (Å²) in [6, 6.07) is -0.0750. The van der Waals surface area contributed by atoms with Crippen LogP contribution in [0, 0.1) is 11.8 Å². The fourth-order valence-electron chi connectivity index (χ4n) is 3.35. The van der Waals surface area contributed by atoms with Gasteiger partial charge in [0.1, 0.15) is 18.8 Å². The smallest absolute Gasteiger partial charge is 0.413 e. The molecule has 1 N–H and O–H groups in total. The van der Waals surface area contributed by atoms with E-state index in [-0.39, 0.29) is 30.3 Å². The van der Waals surface area contributed by atoms with Crippen molar-refractivity contribution < 1.29 is 28.6 Å². The van der Waals surface area contributed by atoms with Gasteiger partial charge in [-0.15, -0.1) is 11.3 Å². The number of carbonyl (C=O) groups excluding carboxylic acids is 3. The Morgan fingerprint density at radius 3 is 2.59 bits per heavy atom. The number of hydrogen-bond acceptors (Lipinski definition) is 8. The summed E-state index contributed by atoms with van der Waals surface area (Å²) < 4.78 is 13.8. The molecule has 1 saturated heterocycles. The molecule has 0 saturated carbocycles. The highest BCUT2D eigenvalue weighted by atomic mass is 35.6. The summed E-state index contributed by atoms with van der Waals surface area (Å²) >= 11 is 17.9. The average Bonchev–Trinajstić information content (AvgIpc) is 3.24. The predicted octanol–water partition coefficient (Wildman–Crippen LogP) is 5.43. The van der Waals surface area contributed by atoms with Gasteiger partial charge in [-0.1, -0.05) is 48.7 Å². The lowest BCUT2D eigenvalue weighted by molar-refractivity contribution is -0.156. The molecule has 1 aliphatic rings. The standard InChI is InChI=1S/C21H30Cl3N3O6S/c1-12(2)15-9-31-19(30)27(15)8-13(7-16(28)33-20(3,4)5)6-14-10-34-17(25-14)26-18(29)32-11-21(22,23)24/h10,12-13,15H,6-9,11H2,1-5H3,(H,25,26,29). The van der Waals surface area contributed by atoms with E-state index in [9.17, 15) is 14.4 Å². The molecule has 1 aromatic rings. The van der Waals surface area contributed by atoms with Crippen LogP contribution in [0.4, 0.5) is 14.7 Å². The van der Waals surface area contributed by atoms with Crippen LogP contribution in [0.3, 0.4) is 0 Å². The highest BCUT2D eigenvalue weighted by Gasteiger charge is 2.37. The first-order valence-electron chi connectivity index (χ1n) is 10.7. The predicted molar refractivity (Wildman–Crippen MR) is 132 cm³/mol. The van der Waals surface area contributed by atoms with Crippen LogP contribution >= 0.6 is 46.1 Å². The fraction of sp³-hybridized carbons (Fsp3) is 0.714. The number of esters is 1. The lowest BCUT2D eigenvalue weighted by Gasteiger charge is -2.29. The Bertz CT molecular complexity index is 869. The molecule has 9 nitrogen and oxygen atoms in total. The minimum atomic E-state index is -1.72. The molecule has 13 heteroatoms. The van der Waals surface area contributed by atoms with E-state index in [4.69, 9.17) is 49.0 Å². The number of rotatable bonds is 9. The zero-order valence-electron chi connectivity index (χ0n) is 19.7. The number of carbonyl (C=O) groups is 3. The first-order valence-corrected chi connectivity index (χ1v) is 12.7. The molecule has 2 heterocycles. The number of amides is 2. The Balaban J connectivity index is 2.08. The first-order chi connectivity index (χ1) is 15.6. The lowest BCUT2D eigenvalue weighted by Crippen LogP contribution is -2.41. The van der Waals surface area contributed by atoms with Crippen molar-refractivity contribution in [3.8, 4) is 0 Å². The number of nitrogens with one attached hydrogen (secondary N) is 1. The Labute approximate surface area is 218 Å². The number of thiazole rings is 1. The van der Waals surface area contributed by atoms with Crippen molar-refractivity contribution in [3.05, 3.63) is 11.1 Å². The normalized spacial score (nSPS) is 17.5. The first kappa shape index (κ1) is 28.7. The zero-order valence-corrected chi connectivity index (χ0v) is 22.8. The van der Waals surface area contributed by atoms with Gasteiger partial charge in [0.2, 0.25) is 3.79 Å². The Hall–Kier alpha value is -1.49. The lowest BCUT2D eigenvalue weighted by atomic mass is 9.96. The Morgan fingerprint density at radius 2 is 2.00 bits per heavy atom. The number of aromatic nitrogens is 1. The molecule has 192 valence electrons. The third kappa shape index (κ3) is 10.0. The van der Waals surface area contributed by atoms with Gasteiger partial charge in [-0.3, -0.25) is 10.1 Å². The molecule has 2 unspecified atom stereocenters. The third-order valence-electron chi connectivity index (χ3n) is 4.74. The van der Waals surface area contributed by atoms with Crippen molar-refractivity contribution in [3.63, 3.8) is 0 Å². The van der Waals surface area contributed by atoms with Gasteiger partial charge in [0.25, 0.3) is 0 Å². The van der Waals surface area contributed by atoms with Crippen molar-refractivity contribution in [1.82, 2.24) is 9.88 Å². The summed E-state index contributed by atoms with van der Waals surface area (Å²) in [6.45, 7) is 9.64. The quantitative estimate of drug-likeness (QED) is 0.245. The second kappa shape index (κ2) is 12.0. The molecule has 2 atom stereocenters. The average molecular weight is 559 g/mol. The molecule has 34 heavy (non-hydrogen) atoms. The van der Waals surface area contributed by atoms with Gasteiger partial charge in [0.15, 0.2) is 5.13 Å². The van der Waals surface area contributed by atoms with Crippen molar-refractivity contribution in [1.29, 1.82) is 0 Å². The number of hydrogen-bond donors (Lipinski definition) is 1. The molecule has 2 amide bonds. The Morgan fingerprint density at radius 1 is 1.32 bits per heavy atom. The maximum atomic E-state index is 12.6. The number of ether oxygens (including phenoxy) is 3. The maximum absolute atomic E-state index is 12.6. The highest BCUT2D eigenvalue weighted by molar-refractivity contribution is 7.13. The molecular formula is C21H30Cl3N3O6S. The molecule has 0 aromatic carbocycles. The van der Waals surface area contributed by atoms with Crippen molar-refractivity contribution >= 4 is 69.4 Å². The van der Waals surface area contributed by atoms with Gasteiger partial charge in [0.05, 0.1) is 18.2 Å². The summed E-state index contributed by atoms with van der Waals surface area (Å²) in [4.78, 5) is 42.8. The monoisotopic (exact) mass is 557 g/mol. The fourth-order valence-corrected chi connectivity index (χ4v) is 4.22. The maximum Gasteiger partial charge on any atom is 0.413 e. The van der Waals surface area contributed by atoms with Gasteiger partial charge < -0.3 is 19.1 Å². The van der Waals surface area contributed by atoms with E-state index in [1.165, 1.54) is 11.3 Å². The van der Waals surface area contributed by atoms with Gasteiger partial charge in [0, 0.05) is 11.9 Å². The highest BCUT2D eigenvalue weighted by Crippen LogP contribution is 2.27. The van der Waals surface area contributed by atoms with Crippen LogP contribution in [-0.4, -0.2) is 63.2 Å². The van der Waals surface area contributed by atoms with E-state index in [1.54, 1.807) is 31.1 Å². The largest absolute Gasteiger partial charge is 0.460 e. The summed E-state index contributed by atoms with van der Waals surface area (Å²) in [6.07, 6.45) is -0.727. The minimum Gasteiger partial charge on any atom is -0.460 e. The summed E-state index contributed by atoms with van der Waals surface area (Å²) in [5, 5.41) is 4.53. The van der Waals surface area contributed by atoms with Crippen LogP contribution in [0.5, 0.6) is 0 Å². The number of cyclic esters (lactones) is 1. The van der Waals surface area contributed by atoms with E-state index in [1.807, 2.05) is 13.8 Å². The van der Waals surface area contributed by atoms with Crippen molar-refractivity contribution in [2.24, 2.45) is 11.8 Å². The van der Waals surface area contributed by atoms with Gasteiger partial charge >= 0.3 is 18.2 Å². The van der Waals surface area contributed by atoms with E-state index >= 15 is 0 Å². The Kier molecular flexibility index (Phi) is 10.1. The molecule has 2 rings (SSSR count). The summed E-state index contributed by atoms with van der Waals surface area (Å²) in [5.74, 6) is -0.439. The SMILES string of the molecule is CC(C)C1COC(=O)N1CC(CC(=O)OC(C)(C)C)Cc1csc(NC(=O)OCC(Cl)(Cl)Cl)n1. The van der Waals surface area contributed by atoms with E-state index in [0.29, 0.717) is 30.4 Å². The van der Waals surface area contributed by atoms with Crippen LogP contribution in [0.2, 0.25) is 0 Å². The van der Waals surface area contributed by atoms with E-state index in [2.05, 4.69) is 10.3 Å². The van der Waals surface area contributed by atoms with Gasteiger partial charge in [-0.2, -0.15) is 0 Å². The van der Waals surface area contributed by atoms with Crippen LogP contribution in [0.15, 0.2) is 5.38 Å². The van der Waals surface area contributed by atoms with Crippen molar-refractivity contribution in [2.45, 2.75) is 62.9 Å². The number of alkyl halides is 3. The third-order valence-corrected chi connectivity index (χ3v) is 5.87. The summed E-state index contributed by atoms with van der Waals surface area (Å²) in [7, 11) is 0. The van der Waals surface area contributed by atoms with Crippen LogP contribution in [0.25, 0.3) is 0 Å². The molecule has 0 spiro atoms. The number of halogens is 3. The molecule has 0 bridgehead atoms. The number of anilines is 1.